The largest absolute Gasteiger partial charge is 0.392 e. The van der Waals surface area contributed by atoms with E-state index in [4.69, 9.17) is 9.84 Å². The topological polar surface area (TPSA) is 29.5 Å². The van der Waals surface area contributed by atoms with Crippen LogP contribution in [0.2, 0.25) is 0 Å². The molecule has 0 fully saturated rings. The molecule has 0 unspecified atom stereocenters. The first kappa shape index (κ1) is 11.2. The van der Waals surface area contributed by atoms with Crippen LogP contribution in [0.3, 0.4) is 0 Å². The van der Waals surface area contributed by atoms with E-state index in [1.807, 2.05) is 39.0 Å². The van der Waals surface area contributed by atoms with Crippen LogP contribution in [0.15, 0.2) is 18.2 Å². The van der Waals surface area contributed by atoms with Crippen LogP contribution in [0.5, 0.6) is 0 Å². The minimum atomic E-state index is -0.136. The summed E-state index contributed by atoms with van der Waals surface area (Å²) < 4.78 is 5.60. The van der Waals surface area contributed by atoms with E-state index in [0.29, 0.717) is 6.61 Å². The molecule has 0 amide bonds. The van der Waals surface area contributed by atoms with Crippen molar-refractivity contribution in [2.24, 2.45) is 0 Å². The summed E-state index contributed by atoms with van der Waals surface area (Å²) in [6.07, 6.45) is 0. The Morgan fingerprint density at radius 3 is 2.50 bits per heavy atom. The molecule has 0 saturated heterocycles. The second-order valence-electron chi connectivity index (χ2n) is 4.26. The fraction of sp³-hybridized carbons (Fsp3) is 0.500. The molecular formula is C12H17O2. The van der Waals surface area contributed by atoms with Gasteiger partial charge in [-0.05, 0) is 38.0 Å². The molecule has 77 valence electrons. The number of rotatable bonds is 3. The number of aliphatic hydroxyl groups excluding tert-OH is 1. The third kappa shape index (κ3) is 3.90. The van der Waals surface area contributed by atoms with Crippen LogP contribution in [-0.2, 0) is 18.0 Å². The molecule has 0 aliphatic carbocycles. The highest BCUT2D eigenvalue weighted by atomic mass is 16.5. The first-order chi connectivity index (χ1) is 6.51. The lowest BCUT2D eigenvalue weighted by atomic mass is 10.1. The fourth-order valence-electron chi connectivity index (χ4n) is 1.04. The molecule has 14 heavy (non-hydrogen) atoms. The van der Waals surface area contributed by atoms with Crippen molar-refractivity contribution in [2.45, 2.75) is 39.6 Å². The summed E-state index contributed by atoms with van der Waals surface area (Å²) in [7, 11) is 0. The minimum absolute atomic E-state index is 0.0311. The lowest BCUT2D eigenvalue weighted by Crippen LogP contribution is -2.18. The molecule has 1 rings (SSSR count). The van der Waals surface area contributed by atoms with Gasteiger partial charge in [-0.2, -0.15) is 0 Å². The molecule has 0 aliphatic heterocycles. The van der Waals surface area contributed by atoms with Crippen LogP contribution >= 0.6 is 0 Å². The fourth-order valence-corrected chi connectivity index (χ4v) is 1.04. The van der Waals surface area contributed by atoms with Gasteiger partial charge >= 0.3 is 0 Å². The van der Waals surface area contributed by atoms with Crippen LogP contribution in [-0.4, -0.2) is 10.7 Å². The second-order valence-corrected chi connectivity index (χ2v) is 4.26. The second kappa shape index (κ2) is 4.58. The Morgan fingerprint density at radius 2 is 1.93 bits per heavy atom. The lowest BCUT2D eigenvalue weighted by Gasteiger charge is -2.19. The van der Waals surface area contributed by atoms with E-state index in [-0.39, 0.29) is 12.2 Å². The van der Waals surface area contributed by atoms with Gasteiger partial charge in [0.1, 0.15) is 0 Å². The first-order valence-electron chi connectivity index (χ1n) is 4.76. The minimum Gasteiger partial charge on any atom is -0.392 e. The molecule has 0 saturated carbocycles. The van der Waals surface area contributed by atoms with Crippen LogP contribution in [0.1, 0.15) is 31.9 Å². The van der Waals surface area contributed by atoms with Crippen LogP contribution < -0.4 is 0 Å². The molecular weight excluding hydrogens is 176 g/mol. The molecule has 0 heterocycles. The Morgan fingerprint density at radius 1 is 1.29 bits per heavy atom. The molecule has 2 nitrogen and oxygen atoms in total. The van der Waals surface area contributed by atoms with E-state index in [2.05, 4.69) is 6.07 Å². The highest BCUT2D eigenvalue weighted by Crippen LogP contribution is 2.12. The van der Waals surface area contributed by atoms with E-state index in [1.54, 1.807) is 0 Å². The molecule has 0 bridgehead atoms. The Bertz CT molecular complexity index is 287. The summed E-state index contributed by atoms with van der Waals surface area (Å²) in [6, 6.07) is 8.79. The summed E-state index contributed by atoms with van der Waals surface area (Å²) in [4.78, 5) is 0. The number of ether oxygens (including phenoxy) is 1. The SMILES string of the molecule is CC(C)(C)OCc1[c]c(CO)ccc1. The predicted octanol–water partition coefficient (Wildman–Crippen LogP) is 2.29. The maximum atomic E-state index is 8.92. The van der Waals surface area contributed by atoms with Crippen LogP contribution in [0.4, 0.5) is 0 Å². The summed E-state index contributed by atoms with van der Waals surface area (Å²) in [5, 5.41) is 8.92. The van der Waals surface area contributed by atoms with Gasteiger partial charge < -0.3 is 9.84 Å². The standard InChI is InChI=1S/C12H17O2/c1-12(2,3)14-9-11-6-4-5-10(7-11)8-13/h4-6,13H,8-9H2,1-3H3. The average Bonchev–Trinajstić information content (AvgIpc) is 2.14. The number of aliphatic hydroxyl groups is 1. The van der Waals surface area contributed by atoms with Crippen molar-refractivity contribution in [3.8, 4) is 0 Å². The van der Waals surface area contributed by atoms with Crippen molar-refractivity contribution >= 4 is 0 Å². The van der Waals surface area contributed by atoms with Gasteiger partial charge in [0.05, 0.1) is 18.8 Å². The van der Waals surface area contributed by atoms with Gasteiger partial charge in [-0.3, -0.25) is 0 Å². The van der Waals surface area contributed by atoms with Gasteiger partial charge in [-0.25, -0.2) is 0 Å². The van der Waals surface area contributed by atoms with Crippen molar-refractivity contribution in [1.82, 2.24) is 0 Å². The van der Waals surface area contributed by atoms with Crippen molar-refractivity contribution in [1.29, 1.82) is 0 Å². The zero-order chi connectivity index (χ0) is 10.6. The van der Waals surface area contributed by atoms with Gasteiger partial charge in [0, 0.05) is 0 Å². The van der Waals surface area contributed by atoms with Gasteiger partial charge in [0.15, 0.2) is 0 Å². The molecule has 0 aliphatic rings. The van der Waals surface area contributed by atoms with E-state index < -0.39 is 0 Å². The summed E-state index contributed by atoms with van der Waals surface area (Å²) in [6.45, 7) is 6.62. The van der Waals surface area contributed by atoms with E-state index >= 15 is 0 Å². The molecule has 2 heteroatoms. The number of benzene rings is 1. The highest BCUT2D eigenvalue weighted by molar-refractivity contribution is 5.20. The summed E-state index contributed by atoms with van der Waals surface area (Å²) >= 11 is 0. The Balaban J connectivity index is 2.59. The lowest BCUT2D eigenvalue weighted by molar-refractivity contribution is -0.0150. The normalized spacial score (nSPS) is 11.7. The Labute approximate surface area is 85.5 Å². The molecule has 0 spiro atoms. The maximum Gasteiger partial charge on any atom is 0.0730 e. The van der Waals surface area contributed by atoms with Crippen molar-refractivity contribution in [3.05, 3.63) is 35.4 Å². The number of hydrogen-bond donors (Lipinski definition) is 1. The van der Waals surface area contributed by atoms with Crippen molar-refractivity contribution in [3.63, 3.8) is 0 Å². The zero-order valence-electron chi connectivity index (χ0n) is 9.00. The number of hydrogen-bond acceptors (Lipinski definition) is 2. The highest BCUT2D eigenvalue weighted by Gasteiger charge is 2.09. The Hall–Kier alpha value is -0.860. The van der Waals surface area contributed by atoms with Gasteiger partial charge in [0.25, 0.3) is 0 Å². The molecule has 1 aromatic carbocycles. The molecule has 1 radical (unpaired) electrons. The predicted molar refractivity (Wildman–Crippen MR) is 55.7 cm³/mol. The van der Waals surface area contributed by atoms with Crippen molar-refractivity contribution in [2.75, 3.05) is 0 Å². The average molecular weight is 193 g/mol. The molecule has 1 N–H and O–H groups in total. The van der Waals surface area contributed by atoms with Gasteiger partial charge in [-0.15, -0.1) is 0 Å². The Kier molecular flexibility index (Phi) is 3.67. The third-order valence-electron chi connectivity index (χ3n) is 1.75. The van der Waals surface area contributed by atoms with E-state index in [9.17, 15) is 0 Å². The quantitative estimate of drug-likeness (QED) is 0.798. The molecule has 0 aromatic heterocycles. The zero-order valence-corrected chi connectivity index (χ0v) is 9.00. The first-order valence-corrected chi connectivity index (χ1v) is 4.76. The van der Waals surface area contributed by atoms with Gasteiger partial charge in [0.2, 0.25) is 0 Å². The van der Waals surface area contributed by atoms with Crippen molar-refractivity contribution < 1.29 is 9.84 Å². The van der Waals surface area contributed by atoms with Crippen LogP contribution in [0, 0.1) is 6.07 Å². The summed E-state index contributed by atoms with van der Waals surface area (Å²) in [5.41, 5.74) is 1.65. The maximum absolute atomic E-state index is 8.92. The van der Waals surface area contributed by atoms with E-state index in [0.717, 1.165) is 11.1 Å². The molecule has 0 atom stereocenters. The summed E-state index contributed by atoms with van der Waals surface area (Å²) in [5.74, 6) is 0. The molecule has 1 aromatic rings. The van der Waals surface area contributed by atoms with Crippen LogP contribution in [0.25, 0.3) is 0 Å². The third-order valence-corrected chi connectivity index (χ3v) is 1.75. The van der Waals surface area contributed by atoms with Gasteiger partial charge in [-0.1, -0.05) is 18.2 Å². The monoisotopic (exact) mass is 193 g/mol. The smallest absolute Gasteiger partial charge is 0.0730 e. The van der Waals surface area contributed by atoms with E-state index in [1.165, 1.54) is 0 Å².